The Kier molecular flexibility index (Phi) is 4.76. The van der Waals surface area contributed by atoms with Crippen molar-refractivity contribution in [1.82, 2.24) is 15.2 Å². The molecule has 5 nitrogen and oxygen atoms in total. The van der Waals surface area contributed by atoms with Crippen LogP contribution in [0.25, 0.3) is 11.3 Å². The molecule has 0 aliphatic carbocycles. The standard InChI is InChI=1S/C14H16ClN3O2/c1-16-7-8-18(2)14(19)12-13(20-9-17-12)10-5-3-4-6-11(10)15/h3-6,9,16H,7-8H2,1-2H3. The van der Waals surface area contributed by atoms with E-state index < -0.39 is 0 Å². The number of nitrogens with zero attached hydrogens (tertiary/aromatic N) is 2. The molecular formula is C14H16ClN3O2. The van der Waals surface area contributed by atoms with E-state index in [1.165, 1.54) is 6.39 Å². The number of hydrogen-bond donors (Lipinski definition) is 1. The van der Waals surface area contributed by atoms with Crippen LogP contribution in [0.15, 0.2) is 35.1 Å². The normalized spacial score (nSPS) is 10.6. The summed E-state index contributed by atoms with van der Waals surface area (Å²) in [5, 5.41) is 3.52. The average Bonchev–Trinajstić information content (AvgIpc) is 2.93. The summed E-state index contributed by atoms with van der Waals surface area (Å²) in [6.45, 7) is 1.30. The number of likely N-dealkylation sites (N-methyl/N-ethyl adjacent to an activating group) is 2. The minimum absolute atomic E-state index is 0.191. The molecule has 0 saturated carbocycles. The quantitative estimate of drug-likeness (QED) is 0.919. The van der Waals surface area contributed by atoms with Gasteiger partial charge in [0.25, 0.3) is 5.91 Å². The number of carbonyl (C=O) groups excluding carboxylic acids is 1. The van der Waals surface area contributed by atoms with Crippen LogP contribution in [0.5, 0.6) is 0 Å². The second-order valence-corrected chi connectivity index (χ2v) is 4.75. The third kappa shape index (κ3) is 3.00. The predicted molar refractivity (Wildman–Crippen MR) is 77.8 cm³/mol. The van der Waals surface area contributed by atoms with Crippen molar-refractivity contribution in [3.8, 4) is 11.3 Å². The zero-order valence-corrected chi connectivity index (χ0v) is 12.1. The fourth-order valence-electron chi connectivity index (χ4n) is 1.80. The average molecular weight is 294 g/mol. The number of halogens is 1. The second-order valence-electron chi connectivity index (χ2n) is 4.34. The number of oxazole rings is 1. The Balaban J connectivity index is 2.29. The van der Waals surface area contributed by atoms with Gasteiger partial charge in [-0.25, -0.2) is 4.98 Å². The summed E-state index contributed by atoms with van der Waals surface area (Å²) >= 11 is 6.13. The van der Waals surface area contributed by atoms with Crippen LogP contribution < -0.4 is 5.32 Å². The van der Waals surface area contributed by atoms with Crippen molar-refractivity contribution < 1.29 is 9.21 Å². The van der Waals surface area contributed by atoms with Gasteiger partial charge in [0.05, 0.1) is 5.02 Å². The molecule has 0 fully saturated rings. The van der Waals surface area contributed by atoms with Crippen LogP contribution in [-0.4, -0.2) is 43.0 Å². The molecule has 1 aromatic carbocycles. The van der Waals surface area contributed by atoms with Crippen LogP contribution in [0, 0.1) is 0 Å². The Morgan fingerprint density at radius 2 is 2.20 bits per heavy atom. The zero-order valence-electron chi connectivity index (χ0n) is 11.4. The number of hydrogen-bond acceptors (Lipinski definition) is 4. The molecule has 0 saturated heterocycles. The predicted octanol–water partition coefficient (Wildman–Crippen LogP) is 2.29. The number of benzene rings is 1. The summed E-state index contributed by atoms with van der Waals surface area (Å²) in [4.78, 5) is 18.0. The highest BCUT2D eigenvalue weighted by Gasteiger charge is 2.22. The van der Waals surface area contributed by atoms with E-state index in [9.17, 15) is 4.79 Å². The van der Waals surface area contributed by atoms with Gasteiger partial charge in [0.1, 0.15) is 0 Å². The lowest BCUT2D eigenvalue weighted by atomic mass is 10.1. The van der Waals surface area contributed by atoms with Crippen LogP contribution in [0.4, 0.5) is 0 Å². The second kappa shape index (κ2) is 6.54. The molecule has 0 atom stereocenters. The lowest BCUT2D eigenvalue weighted by Crippen LogP contribution is -2.33. The highest BCUT2D eigenvalue weighted by molar-refractivity contribution is 6.33. The van der Waals surface area contributed by atoms with Gasteiger partial charge in [-0.1, -0.05) is 23.7 Å². The minimum atomic E-state index is -0.191. The van der Waals surface area contributed by atoms with E-state index in [0.29, 0.717) is 29.4 Å². The molecule has 0 aliphatic heterocycles. The molecule has 106 valence electrons. The fraction of sp³-hybridized carbons (Fsp3) is 0.286. The van der Waals surface area contributed by atoms with Crippen molar-refractivity contribution in [3.05, 3.63) is 41.4 Å². The maximum atomic E-state index is 12.3. The summed E-state index contributed by atoms with van der Waals surface area (Å²) in [7, 11) is 3.56. The molecule has 1 aromatic heterocycles. The number of aromatic nitrogens is 1. The van der Waals surface area contributed by atoms with Crippen molar-refractivity contribution in [2.75, 3.05) is 27.2 Å². The summed E-state index contributed by atoms with van der Waals surface area (Å²) < 4.78 is 5.35. The van der Waals surface area contributed by atoms with Gasteiger partial charge in [-0.2, -0.15) is 0 Å². The number of amides is 1. The molecule has 0 radical (unpaired) electrons. The maximum absolute atomic E-state index is 12.3. The SMILES string of the molecule is CNCCN(C)C(=O)c1ncoc1-c1ccccc1Cl. The Bertz CT molecular complexity index is 598. The van der Waals surface area contributed by atoms with E-state index >= 15 is 0 Å². The monoisotopic (exact) mass is 293 g/mol. The van der Waals surface area contributed by atoms with E-state index in [1.54, 1.807) is 24.1 Å². The summed E-state index contributed by atoms with van der Waals surface area (Å²) in [6.07, 6.45) is 1.26. The van der Waals surface area contributed by atoms with Crippen LogP contribution >= 0.6 is 11.6 Å². The van der Waals surface area contributed by atoms with Crippen molar-refractivity contribution in [2.45, 2.75) is 0 Å². The van der Waals surface area contributed by atoms with E-state index in [1.807, 2.05) is 19.2 Å². The number of nitrogens with one attached hydrogen (secondary N) is 1. The summed E-state index contributed by atoms with van der Waals surface area (Å²) in [6, 6.07) is 7.21. The van der Waals surface area contributed by atoms with Gasteiger partial charge in [-0.15, -0.1) is 0 Å². The Morgan fingerprint density at radius 1 is 1.45 bits per heavy atom. The molecule has 20 heavy (non-hydrogen) atoms. The van der Waals surface area contributed by atoms with Crippen LogP contribution in [0.1, 0.15) is 10.5 Å². The lowest BCUT2D eigenvalue weighted by Gasteiger charge is -2.16. The minimum Gasteiger partial charge on any atom is -0.443 e. The van der Waals surface area contributed by atoms with Crippen molar-refractivity contribution in [2.24, 2.45) is 0 Å². The van der Waals surface area contributed by atoms with Gasteiger partial charge in [0.15, 0.2) is 17.8 Å². The van der Waals surface area contributed by atoms with Crippen molar-refractivity contribution >= 4 is 17.5 Å². The van der Waals surface area contributed by atoms with Gasteiger partial charge in [-0.3, -0.25) is 4.79 Å². The first-order chi connectivity index (χ1) is 9.65. The highest BCUT2D eigenvalue weighted by atomic mass is 35.5. The summed E-state index contributed by atoms with van der Waals surface area (Å²) in [5.41, 5.74) is 0.939. The molecule has 1 N–H and O–H groups in total. The number of carbonyl (C=O) groups is 1. The van der Waals surface area contributed by atoms with Gasteiger partial charge in [0.2, 0.25) is 0 Å². The lowest BCUT2D eigenvalue weighted by molar-refractivity contribution is 0.0792. The Morgan fingerprint density at radius 3 is 2.90 bits per heavy atom. The molecule has 1 amide bonds. The third-order valence-electron chi connectivity index (χ3n) is 2.93. The first-order valence-corrected chi connectivity index (χ1v) is 6.61. The van der Waals surface area contributed by atoms with Crippen molar-refractivity contribution in [1.29, 1.82) is 0 Å². The third-order valence-corrected chi connectivity index (χ3v) is 3.26. The van der Waals surface area contributed by atoms with E-state index in [-0.39, 0.29) is 11.6 Å². The van der Waals surface area contributed by atoms with Gasteiger partial charge in [0, 0.05) is 25.7 Å². The van der Waals surface area contributed by atoms with Crippen LogP contribution in [-0.2, 0) is 0 Å². The molecular weight excluding hydrogens is 278 g/mol. The molecule has 0 bridgehead atoms. The first kappa shape index (κ1) is 14.6. The van der Waals surface area contributed by atoms with Crippen LogP contribution in [0.2, 0.25) is 5.02 Å². The van der Waals surface area contributed by atoms with E-state index in [4.69, 9.17) is 16.0 Å². The highest BCUT2D eigenvalue weighted by Crippen LogP contribution is 2.30. The van der Waals surface area contributed by atoms with Gasteiger partial charge >= 0.3 is 0 Å². The molecule has 6 heteroatoms. The van der Waals surface area contributed by atoms with Gasteiger partial charge < -0.3 is 14.6 Å². The Labute approximate surface area is 122 Å². The molecule has 0 aliphatic rings. The topological polar surface area (TPSA) is 58.4 Å². The zero-order chi connectivity index (χ0) is 14.5. The smallest absolute Gasteiger partial charge is 0.276 e. The van der Waals surface area contributed by atoms with E-state index in [2.05, 4.69) is 10.3 Å². The maximum Gasteiger partial charge on any atom is 0.276 e. The molecule has 1 heterocycles. The summed E-state index contributed by atoms with van der Waals surface area (Å²) in [5.74, 6) is 0.209. The molecule has 2 rings (SSSR count). The molecule has 2 aromatic rings. The molecule has 0 spiro atoms. The van der Waals surface area contributed by atoms with E-state index in [0.717, 1.165) is 0 Å². The molecule has 0 unspecified atom stereocenters. The van der Waals surface area contributed by atoms with Crippen molar-refractivity contribution in [3.63, 3.8) is 0 Å². The van der Waals surface area contributed by atoms with Crippen LogP contribution in [0.3, 0.4) is 0 Å². The number of rotatable bonds is 5. The Hall–Kier alpha value is -1.85. The largest absolute Gasteiger partial charge is 0.443 e. The van der Waals surface area contributed by atoms with Gasteiger partial charge in [-0.05, 0) is 19.2 Å². The fourth-order valence-corrected chi connectivity index (χ4v) is 2.02. The first-order valence-electron chi connectivity index (χ1n) is 6.23.